The Bertz CT molecular complexity index is 1140. The maximum atomic E-state index is 13.4. The number of benzene rings is 2. The van der Waals surface area contributed by atoms with Crippen LogP contribution in [0.2, 0.25) is 0 Å². The van der Waals surface area contributed by atoms with E-state index in [2.05, 4.69) is 11.8 Å². The van der Waals surface area contributed by atoms with Crippen molar-refractivity contribution in [2.75, 3.05) is 46.0 Å². The molecule has 1 N–H and O–H groups in total. The minimum Gasteiger partial charge on any atom is -0.507 e. The van der Waals surface area contributed by atoms with Crippen LogP contribution in [0.3, 0.4) is 0 Å². The Labute approximate surface area is 219 Å². The molecule has 0 aromatic heterocycles. The number of ether oxygens (including phenoxy) is 2. The van der Waals surface area contributed by atoms with Crippen molar-refractivity contribution < 1.29 is 24.2 Å². The predicted octanol–water partition coefficient (Wildman–Crippen LogP) is 4.63. The Morgan fingerprint density at radius 3 is 2.46 bits per heavy atom. The molecule has 37 heavy (non-hydrogen) atoms. The van der Waals surface area contributed by atoms with E-state index in [0.717, 1.165) is 54.8 Å². The number of ketones is 1. The number of nitrogens with zero attached hydrogens (tertiary/aromatic N) is 2. The Kier molecular flexibility index (Phi) is 9.00. The molecule has 7 nitrogen and oxygen atoms in total. The molecule has 2 aliphatic heterocycles. The van der Waals surface area contributed by atoms with Gasteiger partial charge in [-0.3, -0.25) is 14.5 Å². The highest BCUT2D eigenvalue weighted by atomic mass is 16.5. The number of carbonyl (C=O) groups is 2. The molecule has 2 aliphatic rings. The number of carbonyl (C=O) groups excluding carboxylic acids is 2. The number of morpholine rings is 1. The van der Waals surface area contributed by atoms with Crippen molar-refractivity contribution in [3.63, 3.8) is 0 Å². The molecule has 2 heterocycles. The molecule has 0 saturated carbocycles. The van der Waals surface area contributed by atoms with E-state index in [1.807, 2.05) is 56.3 Å². The van der Waals surface area contributed by atoms with Gasteiger partial charge in [0.05, 0.1) is 31.4 Å². The van der Waals surface area contributed by atoms with Crippen LogP contribution in [-0.4, -0.2) is 72.6 Å². The van der Waals surface area contributed by atoms with E-state index in [4.69, 9.17) is 9.47 Å². The average molecular weight is 507 g/mol. The average Bonchev–Trinajstić information content (AvgIpc) is 3.17. The van der Waals surface area contributed by atoms with Crippen LogP contribution in [-0.2, 0) is 14.3 Å². The van der Waals surface area contributed by atoms with E-state index in [1.54, 1.807) is 4.90 Å². The molecule has 2 aromatic carbocycles. The van der Waals surface area contributed by atoms with Crippen LogP contribution >= 0.6 is 0 Å². The fourth-order valence-electron chi connectivity index (χ4n) is 4.96. The van der Waals surface area contributed by atoms with Gasteiger partial charge in [-0.25, -0.2) is 0 Å². The summed E-state index contributed by atoms with van der Waals surface area (Å²) in [6, 6.07) is 12.6. The Morgan fingerprint density at radius 2 is 1.76 bits per heavy atom. The van der Waals surface area contributed by atoms with Gasteiger partial charge in [-0.1, -0.05) is 49.6 Å². The number of unbranched alkanes of at least 4 members (excludes halogenated alkanes) is 2. The topological polar surface area (TPSA) is 79.3 Å². The van der Waals surface area contributed by atoms with Crippen molar-refractivity contribution in [1.29, 1.82) is 0 Å². The highest BCUT2D eigenvalue weighted by Crippen LogP contribution is 2.40. The van der Waals surface area contributed by atoms with Crippen molar-refractivity contribution in [2.24, 2.45) is 0 Å². The third-order valence-electron chi connectivity index (χ3n) is 7.16. The lowest BCUT2D eigenvalue weighted by molar-refractivity contribution is -0.140. The first-order valence-corrected chi connectivity index (χ1v) is 13.3. The van der Waals surface area contributed by atoms with Crippen LogP contribution < -0.4 is 4.74 Å². The number of aliphatic hydroxyl groups is 1. The Balaban J connectivity index is 1.68. The molecular formula is C30H38N2O5. The second-order valence-corrected chi connectivity index (χ2v) is 9.89. The van der Waals surface area contributed by atoms with E-state index in [0.29, 0.717) is 38.5 Å². The van der Waals surface area contributed by atoms with E-state index in [9.17, 15) is 14.7 Å². The highest BCUT2D eigenvalue weighted by molar-refractivity contribution is 6.46. The van der Waals surface area contributed by atoms with Crippen LogP contribution in [0.4, 0.5) is 0 Å². The normalized spacial score (nSPS) is 20.0. The van der Waals surface area contributed by atoms with Crippen LogP contribution in [0.1, 0.15) is 54.5 Å². The van der Waals surface area contributed by atoms with Crippen molar-refractivity contribution in [2.45, 2.75) is 46.1 Å². The number of amides is 1. The van der Waals surface area contributed by atoms with Gasteiger partial charge in [0.25, 0.3) is 11.7 Å². The molecule has 2 saturated heterocycles. The second-order valence-electron chi connectivity index (χ2n) is 9.89. The summed E-state index contributed by atoms with van der Waals surface area (Å²) in [5.41, 5.74) is 3.30. The first-order chi connectivity index (χ1) is 17.9. The maximum absolute atomic E-state index is 13.4. The standard InChI is InChI=1S/C30H38N2O5/c1-4-5-6-17-37-24-11-9-23(10-12-24)27-26(28(33)25-20-21(2)7-8-22(25)3)29(34)30(35)32(27)14-13-31-15-18-36-19-16-31/h7-12,20,27,33H,4-6,13-19H2,1-3H3/b28-26+. The van der Waals surface area contributed by atoms with Gasteiger partial charge < -0.3 is 19.5 Å². The SMILES string of the molecule is CCCCCOc1ccc(C2/C(=C(\O)c3cc(C)ccc3C)C(=O)C(=O)N2CCN2CCOCC2)cc1. The zero-order valence-corrected chi connectivity index (χ0v) is 22.2. The quantitative estimate of drug-likeness (QED) is 0.219. The number of aryl methyl sites for hydroxylation is 2. The van der Waals surface area contributed by atoms with Crippen molar-refractivity contribution >= 4 is 17.4 Å². The van der Waals surface area contributed by atoms with Gasteiger partial charge in [-0.05, 0) is 49.6 Å². The minimum absolute atomic E-state index is 0.127. The summed E-state index contributed by atoms with van der Waals surface area (Å²) in [5, 5.41) is 11.4. The lowest BCUT2D eigenvalue weighted by Crippen LogP contribution is -2.42. The molecule has 1 unspecified atom stereocenters. The number of Topliss-reactive ketones (excluding diaryl/α,β-unsaturated/α-hetero) is 1. The lowest BCUT2D eigenvalue weighted by Gasteiger charge is -2.31. The lowest BCUT2D eigenvalue weighted by atomic mass is 9.93. The van der Waals surface area contributed by atoms with Gasteiger partial charge >= 0.3 is 0 Å². The summed E-state index contributed by atoms with van der Waals surface area (Å²) in [6.45, 7) is 10.6. The first-order valence-electron chi connectivity index (χ1n) is 13.3. The summed E-state index contributed by atoms with van der Waals surface area (Å²) < 4.78 is 11.3. The van der Waals surface area contributed by atoms with Crippen LogP contribution in [0.25, 0.3) is 5.76 Å². The number of likely N-dealkylation sites (tertiary alicyclic amines) is 1. The van der Waals surface area contributed by atoms with Gasteiger partial charge in [-0.2, -0.15) is 0 Å². The monoisotopic (exact) mass is 506 g/mol. The summed E-state index contributed by atoms with van der Waals surface area (Å²) in [7, 11) is 0. The molecule has 0 spiro atoms. The zero-order valence-electron chi connectivity index (χ0n) is 22.2. The Hall–Kier alpha value is -3.16. The first kappa shape index (κ1) is 26.9. The summed E-state index contributed by atoms with van der Waals surface area (Å²) >= 11 is 0. The third-order valence-corrected chi connectivity index (χ3v) is 7.16. The smallest absolute Gasteiger partial charge is 0.295 e. The maximum Gasteiger partial charge on any atom is 0.295 e. The molecule has 0 aliphatic carbocycles. The number of aliphatic hydroxyl groups excluding tert-OH is 1. The van der Waals surface area contributed by atoms with E-state index in [1.165, 1.54) is 0 Å². The van der Waals surface area contributed by atoms with Crippen molar-refractivity contribution in [1.82, 2.24) is 9.80 Å². The fourth-order valence-corrected chi connectivity index (χ4v) is 4.96. The molecule has 1 amide bonds. The predicted molar refractivity (Wildman–Crippen MR) is 144 cm³/mol. The van der Waals surface area contributed by atoms with Gasteiger partial charge in [0, 0.05) is 31.7 Å². The summed E-state index contributed by atoms with van der Waals surface area (Å²) in [6.07, 6.45) is 3.25. The molecule has 198 valence electrons. The van der Waals surface area contributed by atoms with E-state index < -0.39 is 17.7 Å². The molecule has 7 heteroatoms. The van der Waals surface area contributed by atoms with Crippen molar-refractivity contribution in [3.05, 3.63) is 70.3 Å². The molecule has 2 fully saturated rings. The largest absolute Gasteiger partial charge is 0.507 e. The number of hydrogen-bond acceptors (Lipinski definition) is 6. The van der Waals surface area contributed by atoms with Crippen molar-refractivity contribution in [3.8, 4) is 5.75 Å². The third kappa shape index (κ3) is 6.22. The van der Waals surface area contributed by atoms with Gasteiger partial charge in [0.1, 0.15) is 11.5 Å². The summed E-state index contributed by atoms with van der Waals surface area (Å²) in [5.74, 6) is -0.603. The zero-order chi connectivity index (χ0) is 26.4. The summed E-state index contributed by atoms with van der Waals surface area (Å²) in [4.78, 5) is 30.5. The molecule has 0 bridgehead atoms. The molecular weight excluding hydrogens is 468 g/mol. The number of hydrogen-bond donors (Lipinski definition) is 1. The minimum atomic E-state index is -0.671. The van der Waals surface area contributed by atoms with E-state index >= 15 is 0 Å². The molecule has 1 atom stereocenters. The van der Waals surface area contributed by atoms with E-state index in [-0.39, 0.29) is 11.3 Å². The molecule has 4 rings (SSSR count). The van der Waals surface area contributed by atoms with Gasteiger partial charge in [0.2, 0.25) is 0 Å². The highest BCUT2D eigenvalue weighted by Gasteiger charge is 2.46. The fraction of sp³-hybridized carbons (Fsp3) is 0.467. The van der Waals surface area contributed by atoms with Crippen LogP contribution in [0, 0.1) is 13.8 Å². The molecule has 2 aromatic rings. The molecule has 0 radical (unpaired) electrons. The van der Waals surface area contributed by atoms with Crippen LogP contribution in [0.5, 0.6) is 5.75 Å². The van der Waals surface area contributed by atoms with Crippen LogP contribution in [0.15, 0.2) is 48.0 Å². The van der Waals surface area contributed by atoms with Gasteiger partial charge in [-0.15, -0.1) is 0 Å². The second kappa shape index (κ2) is 12.4. The van der Waals surface area contributed by atoms with Gasteiger partial charge in [0.15, 0.2) is 0 Å². The number of rotatable bonds is 10. The Morgan fingerprint density at radius 1 is 1.03 bits per heavy atom.